The summed E-state index contributed by atoms with van der Waals surface area (Å²) in [5.41, 5.74) is 1.63. The van der Waals surface area contributed by atoms with Crippen molar-refractivity contribution in [2.24, 2.45) is 0 Å². The zero-order chi connectivity index (χ0) is 11.7. The van der Waals surface area contributed by atoms with Gasteiger partial charge in [-0.15, -0.1) is 0 Å². The maximum atomic E-state index is 11.9. The van der Waals surface area contributed by atoms with E-state index in [0.29, 0.717) is 11.6 Å². The highest BCUT2D eigenvalue weighted by Gasteiger charge is 2.27. The fourth-order valence-corrected chi connectivity index (χ4v) is 2.29. The van der Waals surface area contributed by atoms with E-state index in [9.17, 15) is 4.79 Å². The second kappa shape index (κ2) is 4.49. The van der Waals surface area contributed by atoms with Gasteiger partial charge in [0.15, 0.2) is 0 Å². The Balaban J connectivity index is 1.59. The van der Waals surface area contributed by atoms with Gasteiger partial charge in [0, 0.05) is 24.2 Å². The Morgan fingerprint density at radius 2 is 2.29 bits per heavy atom. The molecule has 1 unspecified atom stereocenters. The zero-order valence-electron chi connectivity index (χ0n) is 9.83. The smallest absolute Gasteiger partial charge is 0.272 e. The lowest BCUT2D eigenvalue weighted by atomic mass is 10.1. The van der Waals surface area contributed by atoms with Gasteiger partial charge in [-0.25, -0.2) is 0 Å². The molecule has 0 radical (unpaired) electrons. The number of H-pyrrole nitrogens is 1. The fraction of sp³-hybridized carbons (Fsp3) is 0.667. The molecule has 92 valence electrons. The molecule has 1 atom stereocenters. The van der Waals surface area contributed by atoms with Crippen LogP contribution >= 0.6 is 0 Å². The molecule has 1 saturated heterocycles. The maximum absolute atomic E-state index is 11.9. The van der Waals surface area contributed by atoms with Crippen LogP contribution in [0.2, 0.25) is 0 Å². The van der Waals surface area contributed by atoms with Crippen LogP contribution in [0.15, 0.2) is 6.07 Å². The van der Waals surface area contributed by atoms with Gasteiger partial charge in [-0.1, -0.05) is 0 Å². The van der Waals surface area contributed by atoms with E-state index in [0.717, 1.165) is 31.6 Å². The van der Waals surface area contributed by atoms with E-state index < -0.39 is 0 Å². The van der Waals surface area contributed by atoms with Crippen LogP contribution in [0.3, 0.4) is 0 Å². The Hall–Kier alpha value is -1.36. The molecule has 2 aliphatic rings. The Bertz CT molecular complexity index is 404. The summed E-state index contributed by atoms with van der Waals surface area (Å²) in [5.74, 6) is 0.558. The van der Waals surface area contributed by atoms with Gasteiger partial charge in [0.2, 0.25) is 0 Å². The number of rotatable bonds is 3. The molecule has 5 nitrogen and oxygen atoms in total. The molecule has 1 saturated carbocycles. The quantitative estimate of drug-likeness (QED) is 0.723. The predicted molar refractivity (Wildman–Crippen MR) is 63.9 cm³/mol. The van der Waals surface area contributed by atoms with Crippen molar-refractivity contribution >= 4 is 5.91 Å². The van der Waals surface area contributed by atoms with Crippen LogP contribution in [0, 0.1) is 0 Å². The maximum Gasteiger partial charge on any atom is 0.272 e. The highest BCUT2D eigenvalue weighted by Crippen LogP contribution is 2.38. The van der Waals surface area contributed by atoms with Crippen LogP contribution < -0.4 is 10.6 Å². The molecule has 2 heterocycles. The van der Waals surface area contributed by atoms with Gasteiger partial charge in [0.05, 0.1) is 0 Å². The SMILES string of the molecule is O=C(NC1CCCNC1)c1cc(C2CC2)[nH]n1. The zero-order valence-corrected chi connectivity index (χ0v) is 9.83. The third kappa shape index (κ3) is 2.49. The van der Waals surface area contributed by atoms with Crippen LogP contribution in [0.4, 0.5) is 0 Å². The number of nitrogens with zero attached hydrogens (tertiary/aromatic N) is 1. The molecule has 2 fully saturated rings. The standard InChI is InChI=1S/C12H18N4O/c17-12(14-9-2-1-5-13-7-9)11-6-10(15-16-11)8-3-4-8/h6,8-9,13H,1-5,7H2,(H,14,17)(H,15,16). The molecule has 17 heavy (non-hydrogen) atoms. The van der Waals surface area contributed by atoms with Crippen molar-refractivity contribution in [2.75, 3.05) is 13.1 Å². The molecule has 5 heteroatoms. The summed E-state index contributed by atoms with van der Waals surface area (Å²) in [4.78, 5) is 11.9. The van der Waals surface area contributed by atoms with Gasteiger partial charge in [-0.3, -0.25) is 9.89 Å². The fourth-order valence-electron chi connectivity index (χ4n) is 2.29. The second-order valence-corrected chi connectivity index (χ2v) is 5.00. The summed E-state index contributed by atoms with van der Waals surface area (Å²) < 4.78 is 0. The van der Waals surface area contributed by atoms with E-state index in [1.165, 1.54) is 12.8 Å². The van der Waals surface area contributed by atoms with E-state index in [2.05, 4.69) is 20.8 Å². The number of carbonyl (C=O) groups excluding carboxylic acids is 1. The Labute approximate surface area is 100 Å². The molecule has 3 N–H and O–H groups in total. The number of aromatic nitrogens is 2. The third-order valence-corrected chi connectivity index (χ3v) is 3.48. The number of carbonyl (C=O) groups is 1. The van der Waals surface area contributed by atoms with Crippen LogP contribution in [-0.2, 0) is 0 Å². The first kappa shape index (κ1) is 10.8. The summed E-state index contributed by atoms with van der Waals surface area (Å²) in [7, 11) is 0. The van der Waals surface area contributed by atoms with Crippen LogP contribution in [0.1, 0.15) is 47.8 Å². The van der Waals surface area contributed by atoms with Crippen molar-refractivity contribution in [1.29, 1.82) is 0 Å². The Morgan fingerprint density at radius 3 is 3.00 bits per heavy atom. The Kier molecular flexibility index (Phi) is 2.84. The molecular formula is C12H18N4O. The monoisotopic (exact) mass is 234 g/mol. The number of piperidine rings is 1. The first-order chi connectivity index (χ1) is 8.33. The van der Waals surface area contributed by atoms with Crippen molar-refractivity contribution < 1.29 is 4.79 Å². The summed E-state index contributed by atoms with van der Waals surface area (Å²) in [6.45, 7) is 1.92. The first-order valence-electron chi connectivity index (χ1n) is 6.40. The number of hydrogen-bond acceptors (Lipinski definition) is 3. The van der Waals surface area contributed by atoms with Crippen LogP contribution in [0.5, 0.6) is 0 Å². The molecule has 1 aromatic heterocycles. The van der Waals surface area contributed by atoms with Gasteiger partial charge in [-0.05, 0) is 38.3 Å². The molecular weight excluding hydrogens is 216 g/mol. The molecule has 0 spiro atoms. The molecule has 1 aliphatic heterocycles. The van der Waals surface area contributed by atoms with E-state index in [1.54, 1.807) is 0 Å². The summed E-state index contributed by atoms with van der Waals surface area (Å²) >= 11 is 0. The number of amides is 1. The molecule has 1 amide bonds. The highest BCUT2D eigenvalue weighted by atomic mass is 16.2. The largest absolute Gasteiger partial charge is 0.347 e. The minimum absolute atomic E-state index is 0.0538. The van der Waals surface area contributed by atoms with Crippen molar-refractivity contribution in [3.8, 4) is 0 Å². The van der Waals surface area contributed by atoms with Crippen LogP contribution in [0.25, 0.3) is 0 Å². The normalized spacial score (nSPS) is 24.6. The third-order valence-electron chi connectivity index (χ3n) is 3.48. The first-order valence-corrected chi connectivity index (χ1v) is 6.40. The van der Waals surface area contributed by atoms with Crippen molar-refractivity contribution in [2.45, 2.75) is 37.6 Å². The second-order valence-electron chi connectivity index (χ2n) is 5.00. The van der Waals surface area contributed by atoms with Gasteiger partial charge in [-0.2, -0.15) is 5.10 Å². The topological polar surface area (TPSA) is 69.8 Å². The average molecular weight is 234 g/mol. The minimum atomic E-state index is -0.0538. The summed E-state index contributed by atoms with van der Waals surface area (Å²) in [5, 5.41) is 13.4. The number of nitrogens with one attached hydrogen (secondary N) is 3. The van der Waals surface area contributed by atoms with Gasteiger partial charge >= 0.3 is 0 Å². The van der Waals surface area contributed by atoms with Crippen molar-refractivity contribution in [3.63, 3.8) is 0 Å². The lowest BCUT2D eigenvalue weighted by molar-refractivity contribution is 0.0925. The summed E-state index contributed by atoms with van der Waals surface area (Å²) in [6, 6.07) is 2.14. The summed E-state index contributed by atoms with van der Waals surface area (Å²) in [6.07, 6.45) is 4.61. The van der Waals surface area contributed by atoms with E-state index in [1.807, 2.05) is 6.07 Å². The van der Waals surface area contributed by atoms with E-state index in [-0.39, 0.29) is 11.9 Å². The predicted octanol–water partition coefficient (Wildman–Crippen LogP) is 0.769. The lowest BCUT2D eigenvalue weighted by Gasteiger charge is -2.23. The van der Waals surface area contributed by atoms with Gasteiger partial charge in [0.25, 0.3) is 5.91 Å². The molecule has 0 aromatic carbocycles. The average Bonchev–Trinajstić information content (AvgIpc) is 3.08. The molecule has 1 aromatic rings. The van der Waals surface area contributed by atoms with Crippen molar-refractivity contribution in [1.82, 2.24) is 20.8 Å². The Morgan fingerprint density at radius 1 is 1.41 bits per heavy atom. The molecule has 1 aliphatic carbocycles. The van der Waals surface area contributed by atoms with Crippen LogP contribution in [-0.4, -0.2) is 35.2 Å². The molecule has 3 rings (SSSR count). The van der Waals surface area contributed by atoms with E-state index >= 15 is 0 Å². The number of aromatic amines is 1. The highest BCUT2D eigenvalue weighted by molar-refractivity contribution is 5.92. The lowest BCUT2D eigenvalue weighted by Crippen LogP contribution is -2.45. The molecule has 0 bridgehead atoms. The number of hydrogen-bond donors (Lipinski definition) is 3. The van der Waals surface area contributed by atoms with Gasteiger partial charge in [0.1, 0.15) is 5.69 Å². The van der Waals surface area contributed by atoms with Crippen molar-refractivity contribution in [3.05, 3.63) is 17.5 Å². The van der Waals surface area contributed by atoms with Gasteiger partial charge < -0.3 is 10.6 Å². The van der Waals surface area contributed by atoms with E-state index in [4.69, 9.17) is 0 Å². The minimum Gasteiger partial charge on any atom is -0.347 e.